The number of nitrogens with zero attached hydrogens (tertiary/aromatic N) is 2. The van der Waals surface area contributed by atoms with Crippen LogP contribution in [0.4, 0.5) is 0 Å². The van der Waals surface area contributed by atoms with Crippen LogP contribution in [-0.2, 0) is 0 Å². The van der Waals surface area contributed by atoms with Crippen molar-refractivity contribution in [1.29, 1.82) is 0 Å². The highest BCUT2D eigenvalue weighted by molar-refractivity contribution is 5.95. The van der Waals surface area contributed by atoms with Crippen molar-refractivity contribution < 1.29 is 14.3 Å². The van der Waals surface area contributed by atoms with Crippen LogP contribution >= 0.6 is 0 Å². The fraction of sp³-hybridized carbons (Fsp3) is 0.429. The zero-order chi connectivity index (χ0) is 19.4. The minimum absolute atomic E-state index is 0.00972. The molecule has 0 radical (unpaired) electrons. The van der Waals surface area contributed by atoms with Crippen LogP contribution in [0.5, 0.6) is 5.75 Å². The molecule has 144 valence electrons. The predicted octanol–water partition coefficient (Wildman–Crippen LogP) is 3.14. The summed E-state index contributed by atoms with van der Waals surface area (Å²) in [7, 11) is 1.65. The normalized spacial score (nSPS) is 15.0. The van der Waals surface area contributed by atoms with E-state index in [0.717, 1.165) is 17.7 Å². The first-order valence-corrected chi connectivity index (χ1v) is 9.40. The molecule has 0 spiro atoms. The minimum atomic E-state index is 0.00972. The van der Waals surface area contributed by atoms with Gasteiger partial charge in [-0.2, -0.15) is 0 Å². The molecule has 2 aromatic rings. The molecule has 2 heterocycles. The molecule has 6 nitrogen and oxygen atoms in total. The Labute approximate surface area is 160 Å². The van der Waals surface area contributed by atoms with Crippen LogP contribution in [0.15, 0.2) is 36.7 Å². The highest BCUT2D eigenvalue weighted by atomic mass is 16.5. The van der Waals surface area contributed by atoms with Crippen LogP contribution in [0.3, 0.4) is 0 Å². The molecule has 0 saturated carbocycles. The Bertz CT molecular complexity index is 799. The number of aromatic nitrogens is 1. The van der Waals surface area contributed by atoms with Gasteiger partial charge in [0.15, 0.2) is 0 Å². The standard InChI is InChI=1S/C21H27N3O3/c1-15(2)18-13-16(5-6-19(18)27-3)20(25)23-9-4-10-24(12-11-23)21(26)17-7-8-22-14-17/h5-8,13-15,22H,4,9-12H2,1-3H3. The van der Waals surface area contributed by atoms with Crippen molar-refractivity contribution in [2.45, 2.75) is 26.2 Å². The molecule has 1 saturated heterocycles. The molecule has 1 aromatic heterocycles. The monoisotopic (exact) mass is 369 g/mol. The summed E-state index contributed by atoms with van der Waals surface area (Å²) < 4.78 is 5.41. The van der Waals surface area contributed by atoms with E-state index in [-0.39, 0.29) is 17.7 Å². The number of amides is 2. The maximum absolute atomic E-state index is 13.0. The number of hydrogen-bond acceptors (Lipinski definition) is 3. The van der Waals surface area contributed by atoms with Crippen LogP contribution < -0.4 is 4.74 Å². The lowest BCUT2D eigenvalue weighted by Crippen LogP contribution is -2.37. The lowest BCUT2D eigenvalue weighted by molar-refractivity contribution is 0.0719. The molecule has 1 aliphatic rings. The van der Waals surface area contributed by atoms with Crippen molar-refractivity contribution >= 4 is 11.8 Å². The fourth-order valence-corrected chi connectivity index (χ4v) is 3.46. The summed E-state index contributed by atoms with van der Waals surface area (Å²) in [6.45, 7) is 6.57. The van der Waals surface area contributed by atoms with Gasteiger partial charge in [0.05, 0.1) is 12.7 Å². The topological polar surface area (TPSA) is 65.6 Å². The second-order valence-corrected chi connectivity index (χ2v) is 7.15. The number of carbonyl (C=O) groups excluding carboxylic acids is 2. The zero-order valence-electron chi connectivity index (χ0n) is 16.2. The lowest BCUT2D eigenvalue weighted by atomic mass is 9.99. The summed E-state index contributed by atoms with van der Waals surface area (Å²) in [5.74, 6) is 1.10. The van der Waals surface area contributed by atoms with Crippen LogP contribution in [-0.4, -0.2) is 59.9 Å². The van der Waals surface area contributed by atoms with Crippen molar-refractivity contribution in [2.75, 3.05) is 33.3 Å². The third kappa shape index (κ3) is 4.15. The minimum Gasteiger partial charge on any atom is -0.496 e. The van der Waals surface area contributed by atoms with Gasteiger partial charge in [0.1, 0.15) is 5.75 Å². The molecule has 0 atom stereocenters. The van der Waals surface area contributed by atoms with Crippen molar-refractivity contribution in [3.8, 4) is 5.75 Å². The van der Waals surface area contributed by atoms with Gasteiger partial charge >= 0.3 is 0 Å². The number of nitrogens with one attached hydrogen (secondary N) is 1. The zero-order valence-corrected chi connectivity index (χ0v) is 16.2. The van der Waals surface area contributed by atoms with E-state index < -0.39 is 0 Å². The van der Waals surface area contributed by atoms with E-state index in [2.05, 4.69) is 18.8 Å². The average molecular weight is 369 g/mol. The number of aromatic amines is 1. The van der Waals surface area contributed by atoms with Gasteiger partial charge in [0, 0.05) is 44.1 Å². The first-order valence-electron chi connectivity index (χ1n) is 9.40. The molecule has 6 heteroatoms. The van der Waals surface area contributed by atoms with Gasteiger partial charge < -0.3 is 19.5 Å². The Balaban J connectivity index is 1.71. The summed E-state index contributed by atoms with van der Waals surface area (Å²) in [6, 6.07) is 7.39. The molecule has 27 heavy (non-hydrogen) atoms. The summed E-state index contributed by atoms with van der Waals surface area (Å²) in [5.41, 5.74) is 2.36. The lowest BCUT2D eigenvalue weighted by Gasteiger charge is -2.23. The molecule has 0 unspecified atom stereocenters. The Hall–Kier alpha value is -2.76. The number of benzene rings is 1. The van der Waals surface area contributed by atoms with Gasteiger partial charge in [-0.3, -0.25) is 9.59 Å². The van der Waals surface area contributed by atoms with Gasteiger partial charge in [0.2, 0.25) is 0 Å². The summed E-state index contributed by atoms with van der Waals surface area (Å²) in [5, 5.41) is 0. The van der Waals surface area contributed by atoms with E-state index in [1.807, 2.05) is 28.0 Å². The van der Waals surface area contributed by atoms with Crippen molar-refractivity contribution in [3.63, 3.8) is 0 Å². The first-order chi connectivity index (χ1) is 13.0. The second-order valence-electron chi connectivity index (χ2n) is 7.15. The quantitative estimate of drug-likeness (QED) is 0.900. The van der Waals surface area contributed by atoms with E-state index >= 15 is 0 Å². The Kier molecular flexibility index (Phi) is 5.84. The van der Waals surface area contributed by atoms with E-state index in [4.69, 9.17) is 4.74 Å². The molecular weight excluding hydrogens is 342 g/mol. The molecule has 1 aromatic carbocycles. The molecular formula is C21H27N3O3. The van der Waals surface area contributed by atoms with Crippen molar-refractivity contribution in [2.24, 2.45) is 0 Å². The van der Waals surface area contributed by atoms with Gasteiger partial charge in [0.25, 0.3) is 11.8 Å². The predicted molar refractivity (Wildman–Crippen MR) is 104 cm³/mol. The highest BCUT2D eigenvalue weighted by Gasteiger charge is 2.24. The maximum Gasteiger partial charge on any atom is 0.255 e. The molecule has 0 aliphatic carbocycles. The smallest absolute Gasteiger partial charge is 0.255 e. The summed E-state index contributed by atoms with van der Waals surface area (Å²) in [6.07, 6.45) is 4.23. The van der Waals surface area contributed by atoms with Crippen LogP contribution in [0.1, 0.15) is 52.5 Å². The first kappa shape index (κ1) is 19.0. The largest absolute Gasteiger partial charge is 0.496 e. The van der Waals surface area contributed by atoms with Gasteiger partial charge in [-0.15, -0.1) is 0 Å². The highest BCUT2D eigenvalue weighted by Crippen LogP contribution is 2.28. The Morgan fingerprint density at radius 3 is 2.22 bits per heavy atom. The van der Waals surface area contributed by atoms with Crippen molar-refractivity contribution in [3.05, 3.63) is 53.3 Å². The van der Waals surface area contributed by atoms with Crippen molar-refractivity contribution in [1.82, 2.24) is 14.8 Å². The molecule has 1 N–H and O–H groups in total. The molecule has 1 aliphatic heterocycles. The van der Waals surface area contributed by atoms with Crippen LogP contribution in [0.2, 0.25) is 0 Å². The number of rotatable bonds is 4. The molecule has 3 rings (SSSR count). The third-order valence-corrected chi connectivity index (χ3v) is 5.01. The molecule has 0 bridgehead atoms. The van der Waals surface area contributed by atoms with Crippen LogP contribution in [0, 0.1) is 0 Å². The Morgan fingerprint density at radius 2 is 1.67 bits per heavy atom. The van der Waals surface area contributed by atoms with E-state index in [1.54, 1.807) is 25.6 Å². The van der Waals surface area contributed by atoms with Crippen LogP contribution in [0.25, 0.3) is 0 Å². The maximum atomic E-state index is 13.0. The number of ether oxygens (including phenoxy) is 1. The van der Waals surface area contributed by atoms with Gasteiger partial charge in [-0.05, 0) is 42.2 Å². The van der Waals surface area contributed by atoms with E-state index in [0.29, 0.717) is 37.3 Å². The molecule has 1 fully saturated rings. The van der Waals surface area contributed by atoms with E-state index in [1.165, 1.54) is 0 Å². The third-order valence-electron chi connectivity index (χ3n) is 5.01. The number of carbonyl (C=O) groups is 2. The summed E-state index contributed by atoms with van der Waals surface area (Å²) >= 11 is 0. The number of methoxy groups -OCH3 is 1. The summed E-state index contributed by atoms with van der Waals surface area (Å²) in [4.78, 5) is 32.1. The molecule has 2 amide bonds. The van der Waals surface area contributed by atoms with Gasteiger partial charge in [-0.25, -0.2) is 0 Å². The SMILES string of the molecule is COc1ccc(C(=O)N2CCCN(C(=O)c3cc[nH]c3)CC2)cc1C(C)C. The van der Waals surface area contributed by atoms with Gasteiger partial charge in [-0.1, -0.05) is 13.8 Å². The van der Waals surface area contributed by atoms with E-state index in [9.17, 15) is 9.59 Å². The number of H-pyrrole nitrogens is 1. The Morgan fingerprint density at radius 1 is 1.00 bits per heavy atom. The number of hydrogen-bond donors (Lipinski definition) is 1. The average Bonchev–Trinajstić information content (AvgIpc) is 3.11. The fourth-order valence-electron chi connectivity index (χ4n) is 3.46. The second kappa shape index (κ2) is 8.29.